The molecule has 104 valence electrons. The van der Waals surface area contributed by atoms with Gasteiger partial charge in [-0.1, -0.05) is 12.2 Å². The second-order valence-electron chi connectivity index (χ2n) is 4.37. The number of carbonyl (C=O) groups is 1. The first-order valence-corrected chi connectivity index (χ1v) is 7.26. The van der Waals surface area contributed by atoms with Crippen LogP contribution in [0.3, 0.4) is 0 Å². The Balaban J connectivity index is 2.76. The number of hydrogen-bond donors (Lipinski definition) is 0. The lowest BCUT2D eigenvalue weighted by atomic mass is 9.96. The summed E-state index contributed by atoms with van der Waals surface area (Å²) in [6.07, 6.45) is -0.0550. The highest BCUT2D eigenvalue weighted by Crippen LogP contribution is 2.49. The summed E-state index contributed by atoms with van der Waals surface area (Å²) in [7, 11) is -1.62. The molecule has 0 saturated heterocycles. The molecule has 1 rings (SSSR count). The molecule has 0 bridgehead atoms. The monoisotopic (exact) mass is 282 g/mol. The third kappa shape index (κ3) is 3.25. The average Bonchev–Trinajstić information content (AvgIpc) is 2.76. The van der Waals surface area contributed by atoms with E-state index in [1.807, 2.05) is 0 Å². The van der Waals surface area contributed by atoms with E-state index in [-0.39, 0.29) is 12.8 Å². The highest BCUT2D eigenvalue weighted by Gasteiger charge is 2.50. The van der Waals surface area contributed by atoms with E-state index in [4.69, 9.17) is 0 Å². The zero-order valence-electron chi connectivity index (χ0n) is 10.4. The molecule has 1 atom stereocenters. The van der Waals surface area contributed by atoms with E-state index in [1.54, 1.807) is 0 Å². The molecule has 18 heavy (non-hydrogen) atoms. The lowest BCUT2D eigenvalue weighted by Crippen LogP contribution is -2.38. The van der Waals surface area contributed by atoms with E-state index in [1.165, 1.54) is 0 Å². The number of rotatable bonds is 6. The molecule has 0 aliphatic heterocycles. The molecule has 0 aromatic rings. The van der Waals surface area contributed by atoms with Gasteiger partial charge in [-0.05, 0) is 19.3 Å². The number of halogens is 2. The Morgan fingerprint density at radius 3 is 2.44 bits per heavy atom. The molecule has 0 amide bonds. The number of hydrogen-bond acceptors (Lipinski definition) is 4. The van der Waals surface area contributed by atoms with E-state index in [0.29, 0.717) is 12.0 Å². The molecule has 0 N–H and O–H groups in total. The first-order chi connectivity index (χ1) is 8.25. The van der Waals surface area contributed by atoms with Crippen molar-refractivity contribution in [1.82, 2.24) is 0 Å². The van der Waals surface area contributed by atoms with Crippen molar-refractivity contribution in [2.45, 2.75) is 25.2 Å². The Labute approximate surface area is 105 Å². The smallest absolute Gasteiger partial charge is 0.312 e. The van der Waals surface area contributed by atoms with E-state index in [2.05, 4.69) is 15.6 Å². The number of alkyl halides is 2. The topological polar surface area (TPSA) is 52.6 Å². The maximum atomic E-state index is 13.9. The Morgan fingerprint density at radius 2 is 2.06 bits per heavy atom. The van der Waals surface area contributed by atoms with Crippen LogP contribution < -0.4 is 0 Å². The standard InChI is InChI=1S/C11H17F2O4P/c1-8-4-5-9(6-8)11(12,13)10(14)7-18(15,16-2)17-3/h9H,1,4-7H2,2-3H3. The molecule has 7 heteroatoms. The highest BCUT2D eigenvalue weighted by molar-refractivity contribution is 7.54. The second kappa shape index (κ2) is 5.59. The molecular formula is C11H17F2O4P. The number of Topliss-reactive ketones (excluding diaryl/α,β-unsaturated/α-hetero) is 1. The summed E-state index contributed by atoms with van der Waals surface area (Å²) in [5.74, 6) is -5.96. The second-order valence-corrected chi connectivity index (χ2v) is 6.64. The largest absolute Gasteiger partial charge is 0.337 e. The highest BCUT2D eigenvalue weighted by atomic mass is 31.2. The summed E-state index contributed by atoms with van der Waals surface area (Å²) < 4.78 is 48.4. The minimum Gasteiger partial charge on any atom is -0.312 e. The number of allylic oxidation sites excluding steroid dienone is 1. The van der Waals surface area contributed by atoms with Gasteiger partial charge in [-0.15, -0.1) is 0 Å². The van der Waals surface area contributed by atoms with Crippen molar-refractivity contribution in [3.63, 3.8) is 0 Å². The van der Waals surface area contributed by atoms with E-state index in [9.17, 15) is 18.1 Å². The predicted molar refractivity (Wildman–Crippen MR) is 62.9 cm³/mol. The van der Waals surface area contributed by atoms with Gasteiger partial charge in [0, 0.05) is 20.1 Å². The maximum absolute atomic E-state index is 13.9. The Bertz CT molecular complexity index is 387. The van der Waals surface area contributed by atoms with Crippen LogP contribution in [0.15, 0.2) is 12.2 Å². The van der Waals surface area contributed by atoms with Gasteiger partial charge in [-0.3, -0.25) is 9.36 Å². The van der Waals surface area contributed by atoms with Crippen LogP contribution in [-0.4, -0.2) is 32.1 Å². The Morgan fingerprint density at radius 1 is 1.50 bits per heavy atom. The van der Waals surface area contributed by atoms with Crippen LogP contribution in [0.4, 0.5) is 8.78 Å². The van der Waals surface area contributed by atoms with Gasteiger partial charge >= 0.3 is 13.5 Å². The fourth-order valence-electron chi connectivity index (χ4n) is 1.95. The molecule has 1 unspecified atom stereocenters. The van der Waals surface area contributed by atoms with Crippen molar-refractivity contribution in [3.05, 3.63) is 12.2 Å². The van der Waals surface area contributed by atoms with Crippen LogP contribution >= 0.6 is 7.60 Å². The molecule has 1 saturated carbocycles. The van der Waals surface area contributed by atoms with Crippen molar-refractivity contribution in [3.8, 4) is 0 Å². The molecule has 1 fully saturated rings. The molecule has 0 spiro atoms. The van der Waals surface area contributed by atoms with Gasteiger partial charge in [0.15, 0.2) is 0 Å². The van der Waals surface area contributed by atoms with Gasteiger partial charge in [0.2, 0.25) is 5.78 Å². The van der Waals surface area contributed by atoms with E-state index in [0.717, 1.165) is 14.2 Å². The number of carbonyl (C=O) groups excluding carboxylic acids is 1. The van der Waals surface area contributed by atoms with Crippen LogP contribution in [0.2, 0.25) is 0 Å². The third-order valence-corrected chi connectivity index (χ3v) is 4.95. The zero-order chi connectivity index (χ0) is 14.0. The van der Waals surface area contributed by atoms with Crippen molar-refractivity contribution in [1.29, 1.82) is 0 Å². The molecule has 0 heterocycles. The summed E-state index contributed by atoms with van der Waals surface area (Å²) >= 11 is 0. The summed E-state index contributed by atoms with van der Waals surface area (Å²) in [5, 5.41) is 0. The van der Waals surface area contributed by atoms with E-state index < -0.39 is 31.4 Å². The van der Waals surface area contributed by atoms with Gasteiger partial charge in [-0.25, -0.2) is 0 Å². The SMILES string of the molecule is C=C1CCC(C(F)(F)C(=O)CP(=O)(OC)OC)C1. The molecule has 0 radical (unpaired) electrons. The molecule has 1 aliphatic rings. The molecule has 4 nitrogen and oxygen atoms in total. The molecule has 1 aliphatic carbocycles. The Hall–Kier alpha value is -0.580. The van der Waals surface area contributed by atoms with Crippen molar-refractivity contribution in [2.75, 3.05) is 20.4 Å². The van der Waals surface area contributed by atoms with Gasteiger partial charge in [-0.2, -0.15) is 8.78 Å². The van der Waals surface area contributed by atoms with Crippen LogP contribution in [0.5, 0.6) is 0 Å². The minimum atomic E-state index is -3.74. The Kier molecular flexibility index (Phi) is 4.81. The van der Waals surface area contributed by atoms with Gasteiger partial charge in [0.1, 0.15) is 6.16 Å². The predicted octanol–water partition coefficient (Wildman–Crippen LogP) is 3.03. The minimum absolute atomic E-state index is 0.128. The normalized spacial score (nSPS) is 21.3. The fourth-order valence-corrected chi connectivity index (χ4v) is 2.92. The average molecular weight is 282 g/mol. The lowest BCUT2D eigenvalue weighted by Gasteiger charge is -2.23. The molecular weight excluding hydrogens is 265 g/mol. The summed E-state index contributed by atoms with van der Waals surface area (Å²) in [4.78, 5) is 11.6. The quantitative estimate of drug-likeness (QED) is 0.555. The van der Waals surface area contributed by atoms with Crippen LogP contribution in [0.1, 0.15) is 19.3 Å². The first kappa shape index (κ1) is 15.5. The first-order valence-electron chi connectivity index (χ1n) is 5.53. The van der Waals surface area contributed by atoms with Gasteiger partial charge in [0.05, 0.1) is 0 Å². The lowest BCUT2D eigenvalue weighted by molar-refractivity contribution is -0.148. The third-order valence-electron chi connectivity index (χ3n) is 3.16. The van der Waals surface area contributed by atoms with Gasteiger partial charge < -0.3 is 9.05 Å². The van der Waals surface area contributed by atoms with Crippen molar-refractivity contribution < 1.29 is 27.2 Å². The molecule has 0 aromatic carbocycles. The van der Waals surface area contributed by atoms with E-state index >= 15 is 0 Å². The van der Waals surface area contributed by atoms with Crippen LogP contribution in [-0.2, 0) is 18.4 Å². The fraction of sp³-hybridized carbons (Fsp3) is 0.727. The van der Waals surface area contributed by atoms with Crippen molar-refractivity contribution in [2.24, 2.45) is 5.92 Å². The number of ketones is 1. The van der Waals surface area contributed by atoms with Crippen molar-refractivity contribution >= 4 is 13.4 Å². The summed E-state index contributed by atoms with van der Waals surface area (Å²) in [6, 6.07) is 0. The van der Waals surface area contributed by atoms with Crippen LogP contribution in [0.25, 0.3) is 0 Å². The van der Waals surface area contributed by atoms with Gasteiger partial charge in [0.25, 0.3) is 0 Å². The van der Waals surface area contributed by atoms with Crippen LogP contribution in [0, 0.1) is 5.92 Å². The summed E-state index contributed by atoms with van der Waals surface area (Å²) in [5.41, 5.74) is 0.717. The zero-order valence-corrected chi connectivity index (χ0v) is 11.3. The molecule has 0 aromatic heterocycles. The maximum Gasteiger partial charge on any atom is 0.337 e. The summed E-state index contributed by atoms with van der Waals surface area (Å²) in [6.45, 7) is 3.64.